The van der Waals surface area contributed by atoms with Gasteiger partial charge in [0.2, 0.25) is 0 Å². The van der Waals surface area contributed by atoms with Crippen LogP contribution >= 0.6 is 0 Å². The average Bonchev–Trinajstić information content (AvgIpc) is 2.90. The van der Waals surface area contributed by atoms with Crippen molar-refractivity contribution in [2.45, 2.75) is 56.4 Å². The molecule has 0 amide bonds. The monoisotopic (exact) mass is 394 g/mol. The number of ether oxygens (including phenoxy) is 3. The van der Waals surface area contributed by atoms with Crippen LogP contribution in [0, 0.1) is 0 Å². The largest absolute Gasteiger partial charge is 0.504 e. The minimum absolute atomic E-state index is 0.174. The summed E-state index contributed by atoms with van der Waals surface area (Å²) in [4.78, 5) is 23.7. The average molecular weight is 394 g/mol. The number of phenols is 2. The van der Waals surface area contributed by atoms with E-state index < -0.39 is 41.6 Å². The molecule has 1 saturated carbocycles. The molecule has 4 N–H and O–H groups in total. The molecule has 9 heteroatoms. The smallest absolute Gasteiger partial charge is 0.335 e. The number of aliphatic hydroxyl groups is 1. The van der Waals surface area contributed by atoms with Gasteiger partial charge < -0.3 is 34.6 Å². The maximum Gasteiger partial charge on any atom is 0.335 e. The highest BCUT2D eigenvalue weighted by atomic mass is 16.8. The maximum atomic E-state index is 12.2. The van der Waals surface area contributed by atoms with E-state index in [9.17, 15) is 30.0 Å². The fourth-order valence-electron chi connectivity index (χ4n) is 3.48. The van der Waals surface area contributed by atoms with Crippen molar-refractivity contribution in [2.75, 3.05) is 0 Å². The second kappa shape index (κ2) is 7.08. The van der Waals surface area contributed by atoms with E-state index in [2.05, 4.69) is 0 Å². The lowest BCUT2D eigenvalue weighted by Crippen LogP contribution is -2.56. The van der Waals surface area contributed by atoms with Crippen LogP contribution in [-0.2, 0) is 23.8 Å². The molecule has 1 saturated heterocycles. The summed E-state index contributed by atoms with van der Waals surface area (Å²) in [7, 11) is 0. The number of esters is 1. The van der Waals surface area contributed by atoms with Gasteiger partial charge in [-0.1, -0.05) is 6.07 Å². The Labute approximate surface area is 160 Å². The number of aliphatic carboxylic acids is 1. The molecule has 0 bridgehead atoms. The van der Waals surface area contributed by atoms with Crippen LogP contribution in [0.5, 0.6) is 11.5 Å². The predicted octanol–water partition coefficient (Wildman–Crippen LogP) is 1.15. The van der Waals surface area contributed by atoms with E-state index >= 15 is 0 Å². The molecular formula is C19H22O9. The Bertz CT molecular complexity index is 816. The third-order valence-corrected chi connectivity index (χ3v) is 4.74. The van der Waals surface area contributed by atoms with Crippen molar-refractivity contribution in [3.8, 4) is 11.5 Å². The first-order valence-corrected chi connectivity index (χ1v) is 8.71. The minimum atomic E-state index is -2.09. The molecule has 1 aliphatic carbocycles. The fourth-order valence-corrected chi connectivity index (χ4v) is 3.48. The van der Waals surface area contributed by atoms with Crippen molar-refractivity contribution in [2.24, 2.45) is 0 Å². The van der Waals surface area contributed by atoms with Crippen molar-refractivity contribution in [3.63, 3.8) is 0 Å². The van der Waals surface area contributed by atoms with Crippen LogP contribution in [0.4, 0.5) is 0 Å². The van der Waals surface area contributed by atoms with Crippen molar-refractivity contribution >= 4 is 18.0 Å². The van der Waals surface area contributed by atoms with Crippen LogP contribution in [0.1, 0.15) is 32.3 Å². The number of hydrogen-bond acceptors (Lipinski definition) is 8. The number of benzene rings is 1. The van der Waals surface area contributed by atoms with Crippen molar-refractivity contribution in [1.29, 1.82) is 0 Å². The van der Waals surface area contributed by atoms with Gasteiger partial charge in [-0.25, -0.2) is 9.59 Å². The fraction of sp³-hybridized carbons (Fsp3) is 0.474. The number of carbonyl (C=O) groups is 2. The van der Waals surface area contributed by atoms with Crippen molar-refractivity contribution in [1.82, 2.24) is 0 Å². The number of fused-ring (bicyclic) bond motifs is 1. The van der Waals surface area contributed by atoms with Crippen LogP contribution in [0.3, 0.4) is 0 Å². The highest BCUT2D eigenvalue weighted by Crippen LogP contribution is 2.42. The Morgan fingerprint density at radius 1 is 1.18 bits per heavy atom. The Hall–Kier alpha value is -2.62. The SMILES string of the molecule is CC1(C)OC2CC(O)(C(=O)O)CC(OC(=O)/C=C/c3ccc(O)c(O)c3)C2O1. The lowest BCUT2D eigenvalue weighted by molar-refractivity contribution is -0.184. The first kappa shape index (κ1) is 20.1. The number of phenolic OH excluding ortho intramolecular Hbond substituents is 2. The van der Waals surface area contributed by atoms with Crippen LogP contribution in [-0.4, -0.2) is 62.1 Å². The highest BCUT2D eigenvalue weighted by Gasteiger charge is 2.57. The standard InChI is InChI=1S/C19H22O9/c1-18(2)27-14-9-19(25,17(23)24)8-13(16(14)28-18)26-15(22)6-4-10-3-5-11(20)12(21)7-10/h3-7,13-14,16,20-21,25H,8-9H2,1-2H3,(H,23,24)/b6-4+. The molecule has 0 spiro atoms. The Morgan fingerprint density at radius 2 is 1.89 bits per heavy atom. The van der Waals surface area contributed by atoms with Crippen LogP contribution in [0.25, 0.3) is 6.08 Å². The first-order chi connectivity index (χ1) is 13.0. The van der Waals surface area contributed by atoms with Gasteiger partial charge in [-0.3, -0.25) is 0 Å². The minimum Gasteiger partial charge on any atom is -0.504 e. The molecular weight excluding hydrogens is 372 g/mol. The van der Waals surface area contributed by atoms with Gasteiger partial charge in [0.15, 0.2) is 22.9 Å². The normalized spacial score (nSPS) is 31.5. The van der Waals surface area contributed by atoms with E-state index in [-0.39, 0.29) is 24.3 Å². The zero-order valence-electron chi connectivity index (χ0n) is 15.4. The van der Waals surface area contributed by atoms with Crippen molar-refractivity contribution in [3.05, 3.63) is 29.8 Å². The summed E-state index contributed by atoms with van der Waals surface area (Å²) in [6, 6.07) is 4.01. The van der Waals surface area contributed by atoms with Gasteiger partial charge in [-0.2, -0.15) is 0 Å². The number of aromatic hydroxyl groups is 2. The van der Waals surface area contributed by atoms with Gasteiger partial charge in [0.05, 0.1) is 6.10 Å². The Morgan fingerprint density at radius 3 is 2.54 bits per heavy atom. The molecule has 2 fully saturated rings. The molecule has 1 aromatic carbocycles. The molecule has 28 heavy (non-hydrogen) atoms. The second-order valence-electron chi connectivity index (χ2n) is 7.44. The van der Waals surface area contributed by atoms with Crippen LogP contribution in [0.15, 0.2) is 24.3 Å². The Balaban J connectivity index is 1.74. The molecule has 1 heterocycles. The van der Waals surface area contributed by atoms with E-state index in [0.717, 1.165) is 6.08 Å². The molecule has 4 atom stereocenters. The van der Waals surface area contributed by atoms with E-state index in [0.29, 0.717) is 5.56 Å². The Kier molecular flexibility index (Phi) is 5.09. The molecule has 1 aliphatic heterocycles. The quantitative estimate of drug-likeness (QED) is 0.336. The summed E-state index contributed by atoms with van der Waals surface area (Å²) in [6.45, 7) is 3.31. The highest BCUT2D eigenvalue weighted by molar-refractivity contribution is 5.87. The lowest BCUT2D eigenvalue weighted by Gasteiger charge is -2.38. The lowest BCUT2D eigenvalue weighted by atomic mass is 9.79. The van der Waals surface area contributed by atoms with Gasteiger partial charge in [0.25, 0.3) is 0 Å². The first-order valence-electron chi connectivity index (χ1n) is 8.71. The molecule has 3 rings (SSSR count). The number of rotatable bonds is 4. The summed E-state index contributed by atoms with van der Waals surface area (Å²) in [5, 5.41) is 38.5. The number of carboxylic acids is 1. The molecule has 0 aromatic heterocycles. The molecule has 0 radical (unpaired) electrons. The molecule has 2 aliphatic rings. The maximum absolute atomic E-state index is 12.2. The van der Waals surface area contributed by atoms with Crippen LogP contribution < -0.4 is 0 Å². The zero-order valence-corrected chi connectivity index (χ0v) is 15.4. The zero-order chi connectivity index (χ0) is 20.7. The summed E-state index contributed by atoms with van der Waals surface area (Å²) < 4.78 is 16.8. The summed E-state index contributed by atoms with van der Waals surface area (Å²) >= 11 is 0. The van der Waals surface area contributed by atoms with E-state index in [4.69, 9.17) is 14.2 Å². The third kappa shape index (κ3) is 4.11. The predicted molar refractivity (Wildman–Crippen MR) is 94.3 cm³/mol. The topological polar surface area (TPSA) is 143 Å². The summed E-state index contributed by atoms with van der Waals surface area (Å²) in [6.07, 6.45) is -0.509. The van der Waals surface area contributed by atoms with E-state index in [1.807, 2.05) is 0 Å². The van der Waals surface area contributed by atoms with Gasteiger partial charge in [0.1, 0.15) is 12.2 Å². The number of carboxylic acid groups (broad SMARTS) is 1. The molecule has 1 aromatic rings. The third-order valence-electron chi connectivity index (χ3n) is 4.74. The summed E-state index contributed by atoms with van der Waals surface area (Å²) in [5.41, 5.74) is -1.65. The molecule has 152 valence electrons. The molecule has 9 nitrogen and oxygen atoms in total. The van der Waals surface area contributed by atoms with E-state index in [1.165, 1.54) is 24.3 Å². The van der Waals surface area contributed by atoms with Gasteiger partial charge in [0, 0.05) is 18.9 Å². The number of hydrogen-bond donors (Lipinski definition) is 4. The van der Waals surface area contributed by atoms with Crippen LogP contribution in [0.2, 0.25) is 0 Å². The number of carbonyl (C=O) groups excluding carboxylic acids is 1. The van der Waals surface area contributed by atoms with Gasteiger partial charge >= 0.3 is 11.9 Å². The summed E-state index contributed by atoms with van der Waals surface area (Å²) in [5.74, 6) is -3.82. The second-order valence-corrected chi connectivity index (χ2v) is 7.44. The van der Waals surface area contributed by atoms with Crippen molar-refractivity contribution < 1.29 is 44.2 Å². The van der Waals surface area contributed by atoms with Gasteiger partial charge in [-0.15, -0.1) is 0 Å². The molecule has 4 unspecified atom stereocenters. The van der Waals surface area contributed by atoms with Gasteiger partial charge in [-0.05, 0) is 37.6 Å². The van der Waals surface area contributed by atoms with E-state index in [1.54, 1.807) is 13.8 Å².